The van der Waals surface area contributed by atoms with Crippen LogP contribution in [0, 0.1) is 17.2 Å². The van der Waals surface area contributed by atoms with Gasteiger partial charge in [-0.2, -0.15) is 0 Å². The lowest BCUT2D eigenvalue weighted by atomic mass is 9.81. The molecular formula is C15H18ClFN2O4S. The van der Waals surface area contributed by atoms with E-state index in [1.165, 1.54) is 16.4 Å². The normalized spacial score (nSPS) is 28.2. The Morgan fingerprint density at radius 1 is 1.38 bits per heavy atom. The van der Waals surface area contributed by atoms with Crippen molar-refractivity contribution in [1.29, 1.82) is 0 Å². The topological polar surface area (TPSA) is 77.9 Å². The van der Waals surface area contributed by atoms with Gasteiger partial charge in [-0.15, -0.1) is 0 Å². The van der Waals surface area contributed by atoms with Crippen LogP contribution in [0.1, 0.15) is 5.56 Å². The lowest BCUT2D eigenvalue weighted by Gasteiger charge is -2.24. The summed E-state index contributed by atoms with van der Waals surface area (Å²) >= 11 is 5.85. The van der Waals surface area contributed by atoms with Crippen LogP contribution in [0.15, 0.2) is 18.2 Å². The van der Waals surface area contributed by atoms with Crippen LogP contribution in [0.3, 0.4) is 0 Å². The maximum atomic E-state index is 13.4. The highest BCUT2D eigenvalue weighted by atomic mass is 35.5. The zero-order chi connectivity index (χ0) is 17.7. The predicted octanol–water partition coefficient (Wildman–Crippen LogP) is 1.26. The summed E-state index contributed by atoms with van der Waals surface area (Å²) in [4.78, 5) is 13.8. The lowest BCUT2D eigenvalue weighted by molar-refractivity contribution is -0.148. The van der Waals surface area contributed by atoms with Gasteiger partial charge in [-0.1, -0.05) is 11.6 Å². The second-order valence-corrected chi connectivity index (χ2v) is 9.08. The number of fused-ring (bicyclic) bond motifs is 1. The van der Waals surface area contributed by atoms with Gasteiger partial charge in [0.15, 0.2) is 0 Å². The fourth-order valence-corrected chi connectivity index (χ4v) is 4.92. The molecule has 2 heterocycles. The van der Waals surface area contributed by atoms with E-state index in [9.17, 15) is 22.7 Å². The fourth-order valence-electron chi connectivity index (χ4n) is 3.76. The number of carboxylic acids is 1. The highest BCUT2D eigenvalue weighted by molar-refractivity contribution is 7.88. The Hall–Kier alpha value is -1.22. The highest BCUT2D eigenvalue weighted by Crippen LogP contribution is 2.44. The average molecular weight is 377 g/mol. The number of rotatable bonds is 4. The van der Waals surface area contributed by atoms with Gasteiger partial charge in [0.2, 0.25) is 10.0 Å². The summed E-state index contributed by atoms with van der Waals surface area (Å²) in [6.07, 6.45) is 1.09. The number of hydrogen-bond acceptors (Lipinski definition) is 4. The summed E-state index contributed by atoms with van der Waals surface area (Å²) < 4.78 is 38.2. The highest BCUT2D eigenvalue weighted by Gasteiger charge is 2.59. The summed E-state index contributed by atoms with van der Waals surface area (Å²) in [7, 11) is -3.42. The molecule has 0 bridgehead atoms. The maximum absolute atomic E-state index is 13.4. The zero-order valence-electron chi connectivity index (χ0n) is 13.1. The molecular weight excluding hydrogens is 359 g/mol. The number of carboxylic acid groups (broad SMARTS) is 1. The SMILES string of the molecule is CS(=O)(=O)N1C[C@H]2CN(Cc3cc(F)cc(Cl)c3)C[C@@]2(C(=O)O)C1. The summed E-state index contributed by atoms with van der Waals surface area (Å²) in [6.45, 7) is 1.24. The Bertz CT molecular complexity index is 767. The molecule has 2 saturated heterocycles. The first-order valence-corrected chi connectivity index (χ1v) is 9.69. The van der Waals surface area contributed by atoms with Crippen LogP contribution in [0.2, 0.25) is 5.02 Å². The molecule has 6 nitrogen and oxygen atoms in total. The molecule has 0 spiro atoms. The van der Waals surface area contributed by atoms with Gasteiger partial charge in [0.05, 0.1) is 11.7 Å². The van der Waals surface area contributed by atoms with Crippen LogP contribution in [0.25, 0.3) is 0 Å². The van der Waals surface area contributed by atoms with Crippen molar-refractivity contribution in [2.75, 3.05) is 32.4 Å². The Kier molecular flexibility index (Phi) is 4.36. The minimum absolute atomic E-state index is 0.0216. The van der Waals surface area contributed by atoms with E-state index >= 15 is 0 Å². The molecule has 1 aromatic carbocycles. The van der Waals surface area contributed by atoms with Crippen LogP contribution in [0.4, 0.5) is 4.39 Å². The van der Waals surface area contributed by atoms with Crippen molar-refractivity contribution >= 4 is 27.6 Å². The number of carbonyl (C=O) groups is 1. The van der Waals surface area contributed by atoms with E-state index in [4.69, 9.17) is 11.6 Å². The molecule has 2 fully saturated rings. The number of aliphatic carboxylic acids is 1. The molecule has 0 aromatic heterocycles. The Morgan fingerprint density at radius 2 is 2.08 bits per heavy atom. The van der Waals surface area contributed by atoms with E-state index in [1.807, 2.05) is 4.90 Å². The largest absolute Gasteiger partial charge is 0.481 e. The molecule has 1 N–H and O–H groups in total. The minimum atomic E-state index is -3.42. The van der Waals surface area contributed by atoms with Gasteiger partial charge < -0.3 is 5.11 Å². The first-order valence-electron chi connectivity index (χ1n) is 7.46. The van der Waals surface area contributed by atoms with Crippen molar-refractivity contribution in [3.63, 3.8) is 0 Å². The van der Waals surface area contributed by atoms with Crippen LogP contribution in [-0.2, 0) is 21.4 Å². The molecule has 0 radical (unpaired) electrons. The van der Waals surface area contributed by atoms with Crippen molar-refractivity contribution in [3.05, 3.63) is 34.6 Å². The molecule has 9 heteroatoms. The number of halogens is 2. The number of benzene rings is 1. The molecule has 132 valence electrons. The predicted molar refractivity (Wildman–Crippen MR) is 86.7 cm³/mol. The molecule has 0 amide bonds. The van der Waals surface area contributed by atoms with Crippen molar-refractivity contribution in [2.45, 2.75) is 6.54 Å². The fraction of sp³-hybridized carbons (Fsp3) is 0.533. The number of hydrogen-bond donors (Lipinski definition) is 1. The molecule has 24 heavy (non-hydrogen) atoms. The second kappa shape index (κ2) is 5.94. The van der Waals surface area contributed by atoms with E-state index < -0.39 is 27.2 Å². The van der Waals surface area contributed by atoms with Gasteiger partial charge in [-0.25, -0.2) is 17.1 Å². The van der Waals surface area contributed by atoms with Crippen LogP contribution < -0.4 is 0 Å². The molecule has 0 unspecified atom stereocenters. The molecule has 2 atom stereocenters. The molecule has 3 rings (SSSR count). The Balaban J connectivity index is 1.79. The third kappa shape index (κ3) is 3.15. The first kappa shape index (κ1) is 17.6. The molecule has 1 aromatic rings. The van der Waals surface area contributed by atoms with E-state index in [-0.39, 0.29) is 25.6 Å². The van der Waals surface area contributed by atoms with Crippen LogP contribution >= 0.6 is 11.6 Å². The monoisotopic (exact) mass is 376 g/mol. The molecule has 2 aliphatic rings. The number of likely N-dealkylation sites (tertiary alicyclic amines) is 1. The van der Waals surface area contributed by atoms with E-state index in [0.29, 0.717) is 23.7 Å². The van der Waals surface area contributed by atoms with Crippen molar-refractivity contribution < 1.29 is 22.7 Å². The van der Waals surface area contributed by atoms with Crippen LogP contribution in [-0.4, -0.2) is 61.1 Å². The molecule has 2 aliphatic heterocycles. The van der Waals surface area contributed by atoms with E-state index in [2.05, 4.69) is 0 Å². The van der Waals surface area contributed by atoms with Gasteiger partial charge in [0, 0.05) is 43.7 Å². The zero-order valence-corrected chi connectivity index (χ0v) is 14.6. The molecule has 0 aliphatic carbocycles. The van der Waals surface area contributed by atoms with Gasteiger partial charge in [0.1, 0.15) is 5.82 Å². The van der Waals surface area contributed by atoms with Crippen molar-refractivity contribution in [3.8, 4) is 0 Å². The third-order valence-electron chi connectivity index (χ3n) is 4.87. The quantitative estimate of drug-likeness (QED) is 0.855. The van der Waals surface area contributed by atoms with Crippen LogP contribution in [0.5, 0.6) is 0 Å². The minimum Gasteiger partial charge on any atom is -0.481 e. The van der Waals surface area contributed by atoms with Gasteiger partial charge in [0.25, 0.3) is 0 Å². The van der Waals surface area contributed by atoms with Gasteiger partial charge in [-0.05, 0) is 23.8 Å². The number of sulfonamides is 1. The molecule has 0 saturated carbocycles. The summed E-state index contributed by atoms with van der Waals surface area (Å²) in [5.41, 5.74) is -0.444. The Labute approximate surface area is 144 Å². The second-order valence-electron chi connectivity index (χ2n) is 6.66. The smallest absolute Gasteiger partial charge is 0.312 e. The van der Waals surface area contributed by atoms with E-state index in [1.54, 1.807) is 6.07 Å². The summed E-state index contributed by atoms with van der Waals surface area (Å²) in [5, 5.41) is 9.99. The first-order chi connectivity index (χ1) is 11.1. The number of nitrogens with zero attached hydrogens (tertiary/aromatic N) is 2. The standard InChI is InChI=1S/C15H18ClFN2O4S/c1-24(22,23)19-7-11-6-18(8-15(11,9-19)14(20)21)5-10-2-12(16)4-13(17)3-10/h2-4,11H,5-9H2,1H3,(H,20,21)/t11-,15-/m1/s1. The average Bonchev–Trinajstić information content (AvgIpc) is 2.91. The third-order valence-corrected chi connectivity index (χ3v) is 6.31. The maximum Gasteiger partial charge on any atom is 0.312 e. The van der Waals surface area contributed by atoms with Crippen molar-refractivity contribution in [1.82, 2.24) is 9.21 Å². The van der Waals surface area contributed by atoms with E-state index in [0.717, 1.165) is 6.26 Å². The summed E-state index contributed by atoms with van der Waals surface area (Å²) in [5.74, 6) is -1.71. The van der Waals surface area contributed by atoms with Gasteiger partial charge >= 0.3 is 5.97 Å². The Morgan fingerprint density at radius 3 is 2.62 bits per heavy atom. The van der Waals surface area contributed by atoms with Gasteiger partial charge in [-0.3, -0.25) is 9.69 Å². The lowest BCUT2D eigenvalue weighted by Crippen LogP contribution is -2.41. The van der Waals surface area contributed by atoms with Crippen molar-refractivity contribution in [2.24, 2.45) is 11.3 Å². The summed E-state index contributed by atoms with van der Waals surface area (Å²) in [6, 6.07) is 4.23.